The molecule has 1 aromatic carbocycles. The Morgan fingerprint density at radius 1 is 1.23 bits per heavy atom. The van der Waals surface area contributed by atoms with Crippen molar-refractivity contribution in [3.8, 4) is 17.0 Å². The van der Waals surface area contributed by atoms with Crippen LogP contribution in [0.2, 0.25) is 10.0 Å². The van der Waals surface area contributed by atoms with Gasteiger partial charge >= 0.3 is 0 Å². The van der Waals surface area contributed by atoms with Crippen LogP contribution in [0.1, 0.15) is 25.6 Å². The van der Waals surface area contributed by atoms with Crippen molar-refractivity contribution in [3.63, 3.8) is 0 Å². The highest BCUT2D eigenvalue weighted by Crippen LogP contribution is 2.40. The fourth-order valence-electron chi connectivity index (χ4n) is 2.55. The molecule has 0 radical (unpaired) electrons. The number of nitrogen functional groups attached to an aromatic ring is 1. The topological polar surface area (TPSA) is 132 Å². The van der Waals surface area contributed by atoms with E-state index in [0.29, 0.717) is 55.3 Å². The van der Waals surface area contributed by atoms with E-state index < -0.39 is 0 Å². The molecule has 0 saturated carbocycles. The first-order valence-corrected chi connectivity index (χ1v) is 10.9. The van der Waals surface area contributed by atoms with Crippen LogP contribution in [0.15, 0.2) is 23.4 Å². The molecule has 0 bridgehead atoms. The highest BCUT2D eigenvalue weighted by molar-refractivity contribution is 7.20. The lowest BCUT2D eigenvalue weighted by Gasteiger charge is -2.12. The minimum atomic E-state index is -0.0258. The molecule has 0 amide bonds. The number of nitrogens with one attached hydrogen (secondary N) is 1. The minimum absolute atomic E-state index is 0.0258. The van der Waals surface area contributed by atoms with Crippen LogP contribution < -0.4 is 21.5 Å². The predicted molar refractivity (Wildman–Crippen MR) is 125 cm³/mol. The van der Waals surface area contributed by atoms with E-state index in [1.807, 2.05) is 20.8 Å². The van der Waals surface area contributed by atoms with Crippen LogP contribution in [0.4, 0.5) is 5.95 Å². The van der Waals surface area contributed by atoms with Crippen molar-refractivity contribution in [2.24, 2.45) is 10.9 Å². The first-order valence-electron chi connectivity index (χ1n) is 9.32. The second-order valence-corrected chi connectivity index (χ2v) is 7.55. The number of amidine groups is 1. The second-order valence-electron chi connectivity index (χ2n) is 5.71. The molecular weight excluding hydrogens is 447 g/mol. The number of hydrogen-bond donors (Lipinski definition) is 4. The SMILES string of the molecule is CC.CCNCCOc1cc(-c2nc(N)nc3sc(/C(N)=N/O)cc23)c(Cl)cc1Cl. The predicted octanol–water partition coefficient (Wildman–Crippen LogP) is 4.36. The van der Waals surface area contributed by atoms with Crippen LogP contribution in [-0.4, -0.2) is 40.7 Å². The van der Waals surface area contributed by atoms with Crippen molar-refractivity contribution in [2.75, 3.05) is 25.4 Å². The Bertz CT molecular complexity index is 1040. The van der Waals surface area contributed by atoms with Gasteiger partial charge in [-0.25, -0.2) is 9.97 Å². The summed E-state index contributed by atoms with van der Waals surface area (Å²) in [6.45, 7) is 7.99. The zero-order valence-electron chi connectivity index (χ0n) is 16.9. The number of oxime groups is 1. The van der Waals surface area contributed by atoms with Crippen LogP contribution >= 0.6 is 34.5 Å². The van der Waals surface area contributed by atoms with E-state index in [1.165, 1.54) is 11.3 Å². The summed E-state index contributed by atoms with van der Waals surface area (Å²) >= 11 is 13.9. The molecule has 0 aliphatic heterocycles. The number of likely N-dealkylation sites (N-methyl/N-ethyl adjacent to an activating group) is 1. The van der Waals surface area contributed by atoms with Gasteiger partial charge in [0.2, 0.25) is 5.95 Å². The highest BCUT2D eigenvalue weighted by atomic mass is 35.5. The lowest BCUT2D eigenvalue weighted by Crippen LogP contribution is -2.20. The fraction of sp³-hybridized carbons (Fsp3) is 0.316. The smallest absolute Gasteiger partial charge is 0.221 e. The van der Waals surface area contributed by atoms with Gasteiger partial charge in [-0.15, -0.1) is 11.3 Å². The number of nitrogens with zero attached hydrogens (tertiary/aromatic N) is 3. The van der Waals surface area contributed by atoms with Gasteiger partial charge < -0.3 is 26.7 Å². The molecule has 0 atom stereocenters. The molecule has 2 heterocycles. The van der Waals surface area contributed by atoms with Gasteiger partial charge in [-0.05, 0) is 24.7 Å². The molecule has 6 N–H and O–H groups in total. The summed E-state index contributed by atoms with van der Waals surface area (Å²) in [7, 11) is 0. The molecule has 3 aromatic rings. The molecule has 0 unspecified atom stereocenters. The van der Waals surface area contributed by atoms with Gasteiger partial charge in [0.15, 0.2) is 5.84 Å². The van der Waals surface area contributed by atoms with Gasteiger partial charge in [0, 0.05) is 17.5 Å². The standard InChI is InChI=1S/C17H18Cl2N6O2S.C2H6/c1-2-22-3-4-27-12-5-8(10(18)7-11(12)19)14-9-6-13(15(20)25-26)28-16(9)24-17(21)23-14;1-2/h5-7,22,26H,2-4H2,1H3,(H2,20,25)(H2,21,23,24);1-2H3. The number of ether oxygens (including phenoxy) is 1. The van der Waals surface area contributed by atoms with Gasteiger partial charge in [-0.1, -0.05) is 49.1 Å². The number of thiophene rings is 1. The maximum absolute atomic E-state index is 8.94. The molecule has 2 aromatic heterocycles. The van der Waals surface area contributed by atoms with E-state index in [9.17, 15) is 0 Å². The largest absolute Gasteiger partial charge is 0.491 e. The first-order chi connectivity index (χ1) is 14.4. The number of anilines is 1. The number of fused-ring (bicyclic) bond motifs is 1. The number of hydrogen-bond acceptors (Lipinski definition) is 8. The Morgan fingerprint density at radius 3 is 2.63 bits per heavy atom. The van der Waals surface area contributed by atoms with Crippen LogP contribution in [0.25, 0.3) is 21.5 Å². The molecule has 0 aliphatic rings. The van der Waals surface area contributed by atoms with E-state index in [2.05, 4.69) is 20.4 Å². The minimum Gasteiger partial charge on any atom is -0.491 e. The Kier molecular flexibility index (Phi) is 8.91. The number of aromatic nitrogens is 2. The van der Waals surface area contributed by atoms with Crippen molar-refractivity contribution < 1.29 is 9.94 Å². The summed E-state index contributed by atoms with van der Waals surface area (Å²) in [6.07, 6.45) is 0. The van der Waals surface area contributed by atoms with Gasteiger partial charge in [0.05, 0.1) is 20.6 Å². The van der Waals surface area contributed by atoms with Crippen molar-refractivity contribution in [1.82, 2.24) is 15.3 Å². The lowest BCUT2D eigenvalue weighted by atomic mass is 10.1. The van der Waals surface area contributed by atoms with Crippen molar-refractivity contribution >= 4 is 56.5 Å². The van der Waals surface area contributed by atoms with Crippen LogP contribution in [0, 0.1) is 0 Å². The third kappa shape index (κ3) is 5.42. The number of benzene rings is 1. The molecule has 0 spiro atoms. The van der Waals surface area contributed by atoms with Crippen LogP contribution in [0.3, 0.4) is 0 Å². The fourth-order valence-corrected chi connectivity index (χ4v) is 4.01. The lowest BCUT2D eigenvalue weighted by molar-refractivity contribution is 0.315. The third-order valence-corrected chi connectivity index (χ3v) is 5.49. The summed E-state index contributed by atoms with van der Waals surface area (Å²) in [6, 6.07) is 5.04. The molecule has 0 aliphatic carbocycles. The monoisotopic (exact) mass is 470 g/mol. The highest BCUT2D eigenvalue weighted by Gasteiger charge is 2.18. The van der Waals surface area contributed by atoms with Gasteiger partial charge in [0.25, 0.3) is 0 Å². The van der Waals surface area contributed by atoms with Crippen molar-refractivity contribution in [3.05, 3.63) is 33.1 Å². The van der Waals surface area contributed by atoms with Gasteiger partial charge in [-0.3, -0.25) is 0 Å². The van der Waals surface area contributed by atoms with Crippen LogP contribution in [0.5, 0.6) is 5.75 Å². The Balaban J connectivity index is 0.00000155. The summed E-state index contributed by atoms with van der Waals surface area (Å²) in [5, 5.41) is 16.6. The van der Waals surface area contributed by atoms with Crippen LogP contribution in [-0.2, 0) is 0 Å². The molecule has 0 fully saturated rings. The number of rotatable bonds is 7. The quantitative estimate of drug-likeness (QED) is 0.132. The maximum Gasteiger partial charge on any atom is 0.221 e. The first kappa shape index (κ1) is 23.9. The summed E-state index contributed by atoms with van der Waals surface area (Å²) < 4.78 is 5.76. The zero-order chi connectivity index (χ0) is 22.3. The Morgan fingerprint density at radius 2 is 1.97 bits per heavy atom. The van der Waals surface area contributed by atoms with E-state index >= 15 is 0 Å². The number of halogens is 2. The Hall–Kier alpha value is -2.33. The summed E-state index contributed by atoms with van der Waals surface area (Å²) in [5.41, 5.74) is 12.7. The van der Waals surface area contributed by atoms with E-state index in [0.717, 1.165) is 6.54 Å². The average Bonchev–Trinajstić information content (AvgIpc) is 3.17. The maximum atomic E-state index is 8.94. The molecule has 3 rings (SSSR count). The molecule has 30 heavy (non-hydrogen) atoms. The molecular formula is C19H24Cl2N6O2S. The summed E-state index contributed by atoms with van der Waals surface area (Å²) in [4.78, 5) is 9.69. The summed E-state index contributed by atoms with van der Waals surface area (Å²) in [5.74, 6) is 0.536. The molecule has 8 nitrogen and oxygen atoms in total. The van der Waals surface area contributed by atoms with Crippen molar-refractivity contribution in [1.29, 1.82) is 0 Å². The normalized spacial score (nSPS) is 11.3. The van der Waals surface area contributed by atoms with E-state index in [4.69, 9.17) is 44.6 Å². The van der Waals surface area contributed by atoms with E-state index in [-0.39, 0.29) is 11.8 Å². The average molecular weight is 471 g/mol. The van der Waals surface area contributed by atoms with Gasteiger partial charge in [-0.2, -0.15) is 0 Å². The molecule has 11 heteroatoms. The zero-order valence-corrected chi connectivity index (χ0v) is 19.2. The molecule has 0 saturated heterocycles. The second kappa shape index (κ2) is 11.2. The van der Waals surface area contributed by atoms with E-state index in [1.54, 1.807) is 18.2 Å². The third-order valence-electron chi connectivity index (χ3n) is 3.83. The van der Waals surface area contributed by atoms with Crippen molar-refractivity contribution in [2.45, 2.75) is 20.8 Å². The van der Waals surface area contributed by atoms with Gasteiger partial charge in [0.1, 0.15) is 17.2 Å². The number of nitrogens with two attached hydrogens (primary N) is 2. The Labute approximate surface area is 188 Å². The molecule has 162 valence electrons.